The van der Waals surface area contributed by atoms with Crippen LogP contribution in [0.1, 0.15) is 30.4 Å². The first kappa shape index (κ1) is 10.7. The number of rotatable bonds is 3. The molecule has 0 saturated carbocycles. The summed E-state index contributed by atoms with van der Waals surface area (Å²) in [6.45, 7) is 2.71. The summed E-state index contributed by atoms with van der Waals surface area (Å²) in [5, 5.41) is 0. The molecule has 0 heterocycles. The molecule has 0 fully saturated rings. The van der Waals surface area contributed by atoms with Crippen molar-refractivity contribution in [2.45, 2.75) is 25.8 Å². The summed E-state index contributed by atoms with van der Waals surface area (Å²) in [6.07, 6.45) is 6.93. The second kappa shape index (κ2) is 5.32. The van der Waals surface area contributed by atoms with Crippen molar-refractivity contribution in [2.24, 2.45) is 4.99 Å². The molecule has 1 aliphatic rings. The van der Waals surface area contributed by atoms with Crippen LogP contribution in [0.5, 0.6) is 0 Å². The van der Waals surface area contributed by atoms with E-state index in [0.717, 1.165) is 13.0 Å². The summed E-state index contributed by atoms with van der Waals surface area (Å²) in [4.78, 5) is 4.22. The molecular weight excluding hydrogens is 194 g/mol. The van der Waals surface area contributed by atoms with Crippen molar-refractivity contribution in [2.75, 3.05) is 0 Å². The smallest absolute Gasteiger partial charge is 0.0635 e. The minimum Gasteiger partial charge on any atom is -0.293 e. The number of nitrogens with zero attached hydrogens (tertiary/aromatic N) is 1. The number of allylic oxidation sites excluding steroid dienone is 2. The Morgan fingerprint density at radius 2 is 2.19 bits per heavy atom. The molecule has 0 aliphatic heterocycles. The first-order valence-electron chi connectivity index (χ1n) is 5.59. The Labute approximate surface area is 96.9 Å². The maximum atomic E-state index is 4.22. The summed E-state index contributed by atoms with van der Waals surface area (Å²) in [5.41, 5.74) is 2.56. The molecule has 1 aromatic rings. The average molecular weight is 209 g/mol. The second-order valence-electron chi connectivity index (χ2n) is 3.82. The van der Waals surface area contributed by atoms with Crippen molar-refractivity contribution >= 4 is 6.21 Å². The van der Waals surface area contributed by atoms with E-state index in [2.05, 4.69) is 47.2 Å². The lowest BCUT2D eigenvalue weighted by Gasteiger charge is -2.10. The predicted octanol–water partition coefficient (Wildman–Crippen LogP) is 3.32. The van der Waals surface area contributed by atoms with Crippen LogP contribution in [-0.4, -0.2) is 6.21 Å². The number of aliphatic imine (C=N–C) groups is 1. The Hall–Kier alpha value is -1.81. The summed E-state index contributed by atoms with van der Waals surface area (Å²) in [6, 6.07) is 8.61. The molecule has 1 aromatic carbocycles. The van der Waals surface area contributed by atoms with Crippen LogP contribution in [0.4, 0.5) is 0 Å². The van der Waals surface area contributed by atoms with E-state index in [9.17, 15) is 0 Å². The molecule has 80 valence electrons. The molecule has 0 aromatic heterocycles. The zero-order chi connectivity index (χ0) is 11.2. The van der Waals surface area contributed by atoms with Gasteiger partial charge in [0, 0.05) is 5.92 Å². The van der Waals surface area contributed by atoms with E-state index in [-0.39, 0.29) is 0 Å². The largest absolute Gasteiger partial charge is 0.293 e. The van der Waals surface area contributed by atoms with E-state index in [1.807, 2.05) is 19.2 Å². The molecular formula is C15H15N. The zero-order valence-electron chi connectivity index (χ0n) is 9.48. The number of hydrogen-bond acceptors (Lipinski definition) is 1. The van der Waals surface area contributed by atoms with Crippen LogP contribution in [0.3, 0.4) is 0 Å². The van der Waals surface area contributed by atoms with E-state index in [1.54, 1.807) is 0 Å². The highest BCUT2D eigenvalue weighted by molar-refractivity contribution is 5.53. The van der Waals surface area contributed by atoms with Crippen molar-refractivity contribution in [3.05, 3.63) is 47.5 Å². The topological polar surface area (TPSA) is 12.4 Å². The Morgan fingerprint density at radius 3 is 2.81 bits per heavy atom. The quantitative estimate of drug-likeness (QED) is 0.535. The normalized spacial score (nSPS) is 18.4. The van der Waals surface area contributed by atoms with Crippen molar-refractivity contribution in [3.8, 4) is 11.8 Å². The molecule has 0 radical (unpaired) electrons. The third kappa shape index (κ3) is 2.61. The van der Waals surface area contributed by atoms with Crippen LogP contribution in [0.15, 0.2) is 41.4 Å². The van der Waals surface area contributed by atoms with E-state index < -0.39 is 0 Å². The summed E-state index contributed by atoms with van der Waals surface area (Å²) in [5.74, 6) is 6.63. The van der Waals surface area contributed by atoms with Crippen molar-refractivity contribution in [1.82, 2.24) is 0 Å². The van der Waals surface area contributed by atoms with Crippen LogP contribution < -0.4 is 0 Å². The van der Waals surface area contributed by atoms with Gasteiger partial charge in [-0.1, -0.05) is 42.2 Å². The van der Waals surface area contributed by atoms with Crippen LogP contribution in [0, 0.1) is 11.8 Å². The van der Waals surface area contributed by atoms with Crippen LogP contribution in [-0.2, 0) is 6.54 Å². The molecule has 1 heteroatoms. The Bertz CT molecular complexity index is 454. The van der Waals surface area contributed by atoms with Crippen LogP contribution in [0.25, 0.3) is 0 Å². The molecule has 0 spiro atoms. The van der Waals surface area contributed by atoms with Crippen LogP contribution >= 0.6 is 0 Å². The lowest BCUT2D eigenvalue weighted by atomic mass is 9.93. The maximum absolute atomic E-state index is 4.22. The average Bonchev–Trinajstić information content (AvgIpc) is 2.38. The van der Waals surface area contributed by atoms with Gasteiger partial charge in [-0.05, 0) is 36.8 Å². The van der Waals surface area contributed by atoms with Gasteiger partial charge in [-0.2, -0.15) is 0 Å². The first-order valence-corrected chi connectivity index (χ1v) is 5.59. The minimum atomic E-state index is 0.369. The van der Waals surface area contributed by atoms with E-state index in [0.29, 0.717) is 5.92 Å². The van der Waals surface area contributed by atoms with Crippen LogP contribution in [0.2, 0.25) is 0 Å². The molecule has 1 nitrogen and oxygen atoms in total. The lowest BCUT2D eigenvalue weighted by molar-refractivity contribution is 0.884. The van der Waals surface area contributed by atoms with E-state index >= 15 is 0 Å². The maximum Gasteiger partial charge on any atom is 0.0635 e. The van der Waals surface area contributed by atoms with Gasteiger partial charge >= 0.3 is 0 Å². The van der Waals surface area contributed by atoms with Gasteiger partial charge in [0.15, 0.2) is 0 Å². The van der Waals surface area contributed by atoms with Crippen molar-refractivity contribution < 1.29 is 0 Å². The molecule has 0 N–H and O–H groups in total. The number of hydrogen-bond donors (Lipinski definition) is 0. The fourth-order valence-corrected chi connectivity index (χ4v) is 1.74. The zero-order valence-corrected chi connectivity index (χ0v) is 9.48. The molecule has 0 bridgehead atoms. The fraction of sp³-hybridized carbons (Fsp3) is 0.267. The van der Waals surface area contributed by atoms with Gasteiger partial charge in [-0.15, -0.1) is 0 Å². The predicted molar refractivity (Wildman–Crippen MR) is 68.6 cm³/mol. The lowest BCUT2D eigenvalue weighted by Crippen LogP contribution is -1.96. The molecule has 0 saturated heterocycles. The van der Waals surface area contributed by atoms with Gasteiger partial charge in [0.1, 0.15) is 0 Å². The highest BCUT2D eigenvalue weighted by atomic mass is 14.7. The SMILES string of the molecule is CC=NCc1ccc(C2C#CC=CC2)cc1. The van der Waals surface area contributed by atoms with E-state index in [1.165, 1.54) is 11.1 Å². The molecule has 2 rings (SSSR count). The monoisotopic (exact) mass is 209 g/mol. The summed E-state index contributed by atoms with van der Waals surface area (Å²) < 4.78 is 0. The van der Waals surface area contributed by atoms with Crippen molar-refractivity contribution in [1.29, 1.82) is 0 Å². The van der Waals surface area contributed by atoms with Gasteiger partial charge < -0.3 is 0 Å². The Morgan fingerprint density at radius 1 is 1.38 bits per heavy atom. The van der Waals surface area contributed by atoms with Gasteiger partial charge in [0.2, 0.25) is 0 Å². The molecule has 0 amide bonds. The molecule has 1 aliphatic carbocycles. The van der Waals surface area contributed by atoms with Gasteiger partial charge in [-0.3, -0.25) is 4.99 Å². The second-order valence-corrected chi connectivity index (χ2v) is 3.82. The number of benzene rings is 1. The third-order valence-electron chi connectivity index (χ3n) is 2.67. The van der Waals surface area contributed by atoms with E-state index in [4.69, 9.17) is 0 Å². The highest BCUT2D eigenvalue weighted by Crippen LogP contribution is 2.21. The van der Waals surface area contributed by atoms with Crippen molar-refractivity contribution in [3.63, 3.8) is 0 Å². The Balaban J connectivity index is 2.09. The standard InChI is InChI=1S/C15H15N/c1-2-16-12-13-8-10-15(11-9-13)14-6-4-3-5-7-14/h2-4,8-11,14H,6,12H2,1H3. The highest BCUT2D eigenvalue weighted by Gasteiger charge is 2.07. The molecule has 16 heavy (non-hydrogen) atoms. The van der Waals surface area contributed by atoms with Gasteiger partial charge in [-0.25, -0.2) is 0 Å². The fourth-order valence-electron chi connectivity index (χ4n) is 1.74. The first-order chi connectivity index (χ1) is 7.90. The summed E-state index contributed by atoms with van der Waals surface area (Å²) >= 11 is 0. The molecule has 1 unspecified atom stereocenters. The third-order valence-corrected chi connectivity index (χ3v) is 2.67. The summed E-state index contributed by atoms with van der Waals surface area (Å²) in [7, 11) is 0. The van der Waals surface area contributed by atoms with Gasteiger partial charge in [0.05, 0.1) is 6.54 Å². The Kier molecular flexibility index (Phi) is 3.56. The molecule has 1 atom stereocenters. The minimum absolute atomic E-state index is 0.369. The van der Waals surface area contributed by atoms with Gasteiger partial charge in [0.25, 0.3) is 0 Å².